The van der Waals surface area contributed by atoms with Crippen molar-refractivity contribution < 1.29 is 9.90 Å². The van der Waals surface area contributed by atoms with E-state index in [2.05, 4.69) is 41.6 Å². The van der Waals surface area contributed by atoms with Gasteiger partial charge in [0.15, 0.2) is 5.16 Å². The molecule has 1 N–H and O–H groups in total. The summed E-state index contributed by atoms with van der Waals surface area (Å²) in [5.74, 6) is -0.769. The Labute approximate surface area is 123 Å². The van der Waals surface area contributed by atoms with Crippen molar-refractivity contribution in [1.82, 2.24) is 9.55 Å². The molecule has 0 aliphatic carbocycles. The number of aromatic nitrogens is 2. The lowest BCUT2D eigenvalue weighted by Crippen LogP contribution is -2.08. The quantitative estimate of drug-likeness (QED) is 0.821. The molecule has 0 spiro atoms. The molecular weight excluding hydrogens is 272 g/mol. The van der Waals surface area contributed by atoms with Crippen molar-refractivity contribution in [3.63, 3.8) is 0 Å². The smallest absolute Gasteiger partial charge is 0.313 e. The molecule has 0 saturated carbocycles. The molecule has 0 bridgehead atoms. The number of benzene rings is 1. The number of thioether (sulfide) groups is 1. The molecule has 0 aliphatic rings. The third-order valence-electron chi connectivity index (χ3n) is 3.28. The highest BCUT2D eigenvalue weighted by Crippen LogP contribution is 2.30. The van der Waals surface area contributed by atoms with Gasteiger partial charge in [-0.1, -0.05) is 31.2 Å². The van der Waals surface area contributed by atoms with Crippen LogP contribution in [0.25, 0.3) is 11.0 Å². The number of rotatable bonds is 6. The van der Waals surface area contributed by atoms with E-state index in [1.54, 1.807) is 0 Å². The van der Waals surface area contributed by atoms with Gasteiger partial charge in [0, 0.05) is 6.04 Å². The van der Waals surface area contributed by atoms with Gasteiger partial charge in [-0.2, -0.15) is 0 Å². The van der Waals surface area contributed by atoms with Crippen molar-refractivity contribution in [2.75, 3.05) is 5.75 Å². The van der Waals surface area contributed by atoms with E-state index >= 15 is 0 Å². The Morgan fingerprint density at radius 2 is 2.25 bits per heavy atom. The van der Waals surface area contributed by atoms with Gasteiger partial charge in [-0.25, -0.2) is 4.98 Å². The maximum Gasteiger partial charge on any atom is 0.313 e. The predicted octanol–water partition coefficient (Wildman–Crippen LogP) is 3.88. The first kappa shape index (κ1) is 14.9. The number of nitrogens with zero attached hydrogens (tertiary/aromatic N) is 2. The number of hydrogen-bond donors (Lipinski definition) is 1. The van der Waals surface area contributed by atoms with Crippen molar-refractivity contribution in [3.05, 3.63) is 23.8 Å². The van der Waals surface area contributed by atoms with Crippen molar-refractivity contribution in [2.45, 2.75) is 44.8 Å². The highest BCUT2D eigenvalue weighted by molar-refractivity contribution is 7.99. The summed E-state index contributed by atoms with van der Waals surface area (Å²) in [6, 6.07) is 6.53. The molecule has 20 heavy (non-hydrogen) atoms. The Hall–Kier alpha value is -1.49. The molecule has 1 unspecified atom stereocenters. The Morgan fingerprint density at radius 3 is 2.90 bits per heavy atom. The van der Waals surface area contributed by atoms with Gasteiger partial charge in [-0.05, 0) is 38.0 Å². The Bertz CT molecular complexity index is 622. The number of aryl methyl sites for hydroxylation is 1. The summed E-state index contributed by atoms with van der Waals surface area (Å²) in [5.41, 5.74) is 3.20. The fourth-order valence-electron chi connectivity index (χ4n) is 2.39. The minimum atomic E-state index is -0.812. The first-order valence-corrected chi connectivity index (χ1v) is 7.84. The lowest BCUT2D eigenvalue weighted by Gasteiger charge is -2.16. The topological polar surface area (TPSA) is 55.1 Å². The standard InChI is InChI=1S/C15H20N2O2S/c1-4-5-11(3)17-13-7-6-10(2)8-12(13)16-15(17)20-9-14(18)19/h6-8,11H,4-5,9H2,1-3H3,(H,18,19). The van der Waals surface area contributed by atoms with Crippen LogP contribution in [0.1, 0.15) is 38.3 Å². The zero-order chi connectivity index (χ0) is 14.7. The Morgan fingerprint density at radius 1 is 1.50 bits per heavy atom. The molecule has 0 radical (unpaired) electrons. The third kappa shape index (κ3) is 3.15. The molecule has 2 rings (SSSR count). The number of fused-ring (bicyclic) bond motifs is 1. The SMILES string of the molecule is CCCC(C)n1c(SCC(=O)O)nc2cc(C)ccc21. The van der Waals surface area contributed by atoms with Crippen LogP contribution in [0, 0.1) is 6.92 Å². The molecule has 0 aliphatic heterocycles. The zero-order valence-corrected chi connectivity index (χ0v) is 12.9. The number of carboxylic acids is 1. The monoisotopic (exact) mass is 292 g/mol. The second-order valence-corrected chi connectivity index (χ2v) is 6.02. The summed E-state index contributed by atoms with van der Waals surface area (Å²) in [4.78, 5) is 15.4. The summed E-state index contributed by atoms with van der Waals surface area (Å²) in [6.45, 7) is 6.36. The van der Waals surface area contributed by atoms with Crippen LogP contribution >= 0.6 is 11.8 Å². The molecule has 0 fully saturated rings. The van der Waals surface area contributed by atoms with E-state index < -0.39 is 5.97 Å². The molecule has 1 atom stereocenters. The predicted molar refractivity (Wildman–Crippen MR) is 82.4 cm³/mol. The fourth-order valence-corrected chi connectivity index (χ4v) is 3.22. The normalized spacial score (nSPS) is 12.8. The second kappa shape index (κ2) is 6.31. The van der Waals surface area contributed by atoms with Gasteiger partial charge in [-0.15, -0.1) is 0 Å². The largest absolute Gasteiger partial charge is 0.481 e. The highest BCUT2D eigenvalue weighted by atomic mass is 32.2. The number of carboxylic acid groups (broad SMARTS) is 1. The van der Waals surface area contributed by atoms with E-state index in [0.717, 1.165) is 29.0 Å². The van der Waals surface area contributed by atoms with Crippen LogP contribution in [-0.2, 0) is 4.79 Å². The van der Waals surface area contributed by atoms with Gasteiger partial charge in [0.05, 0.1) is 16.8 Å². The van der Waals surface area contributed by atoms with Crippen LogP contribution in [0.3, 0.4) is 0 Å². The van der Waals surface area contributed by atoms with Gasteiger partial charge in [-0.3, -0.25) is 4.79 Å². The number of carbonyl (C=O) groups is 1. The van der Waals surface area contributed by atoms with Crippen LogP contribution in [0.2, 0.25) is 0 Å². The molecule has 5 heteroatoms. The molecule has 0 saturated heterocycles. The van der Waals surface area contributed by atoms with E-state index in [1.165, 1.54) is 17.3 Å². The van der Waals surface area contributed by atoms with Crippen molar-refractivity contribution in [3.8, 4) is 0 Å². The number of hydrogen-bond acceptors (Lipinski definition) is 3. The van der Waals surface area contributed by atoms with Crippen LogP contribution in [0.5, 0.6) is 0 Å². The molecule has 2 aromatic rings. The molecule has 1 aromatic heterocycles. The Balaban J connectivity index is 2.47. The summed E-state index contributed by atoms with van der Waals surface area (Å²) in [5, 5.41) is 9.67. The molecule has 108 valence electrons. The van der Waals surface area contributed by atoms with Gasteiger partial charge in [0.25, 0.3) is 0 Å². The number of imidazole rings is 1. The summed E-state index contributed by atoms with van der Waals surface area (Å²) < 4.78 is 2.17. The van der Waals surface area contributed by atoms with E-state index in [0.29, 0.717) is 6.04 Å². The first-order chi connectivity index (χ1) is 9.52. The summed E-state index contributed by atoms with van der Waals surface area (Å²) >= 11 is 1.29. The van der Waals surface area contributed by atoms with E-state index in [1.807, 2.05) is 6.92 Å². The minimum absolute atomic E-state index is 0.0428. The van der Waals surface area contributed by atoms with E-state index in [-0.39, 0.29) is 5.75 Å². The molecule has 4 nitrogen and oxygen atoms in total. The van der Waals surface area contributed by atoms with Crippen LogP contribution in [0.15, 0.2) is 23.4 Å². The van der Waals surface area contributed by atoms with Gasteiger partial charge in [0.2, 0.25) is 0 Å². The van der Waals surface area contributed by atoms with Gasteiger partial charge in [0.1, 0.15) is 0 Å². The third-order valence-corrected chi connectivity index (χ3v) is 4.22. The average molecular weight is 292 g/mol. The average Bonchev–Trinajstić information content (AvgIpc) is 2.74. The number of aliphatic carboxylic acids is 1. The second-order valence-electron chi connectivity index (χ2n) is 5.08. The zero-order valence-electron chi connectivity index (χ0n) is 12.1. The maximum atomic E-state index is 10.8. The molecule has 1 aromatic carbocycles. The van der Waals surface area contributed by atoms with E-state index in [4.69, 9.17) is 5.11 Å². The fraction of sp³-hybridized carbons (Fsp3) is 0.467. The van der Waals surface area contributed by atoms with Crippen molar-refractivity contribution in [2.24, 2.45) is 0 Å². The van der Waals surface area contributed by atoms with Crippen LogP contribution < -0.4 is 0 Å². The van der Waals surface area contributed by atoms with Crippen LogP contribution in [0.4, 0.5) is 0 Å². The summed E-state index contributed by atoms with van der Waals surface area (Å²) in [6.07, 6.45) is 2.15. The molecular formula is C15H20N2O2S. The lowest BCUT2D eigenvalue weighted by atomic mass is 10.1. The van der Waals surface area contributed by atoms with Crippen LogP contribution in [-0.4, -0.2) is 26.4 Å². The minimum Gasteiger partial charge on any atom is -0.481 e. The lowest BCUT2D eigenvalue weighted by molar-refractivity contribution is -0.133. The van der Waals surface area contributed by atoms with Gasteiger partial charge >= 0.3 is 5.97 Å². The molecule has 1 heterocycles. The van der Waals surface area contributed by atoms with E-state index in [9.17, 15) is 4.79 Å². The highest BCUT2D eigenvalue weighted by Gasteiger charge is 2.16. The maximum absolute atomic E-state index is 10.8. The van der Waals surface area contributed by atoms with Crippen molar-refractivity contribution in [1.29, 1.82) is 0 Å². The molecule has 0 amide bonds. The summed E-state index contributed by atoms with van der Waals surface area (Å²) in [7, 11) is 0. The Kier molecular flexibility index (Phi) is 4.70. The first-order valence-electron chi connectivity index (χ1n) is 6.86. The van der Waals surface area contributed by atoms with Gasteiger partial charge < -0.3 is 9.67 Å². The van der Waals surface area contributed by atoms with Crippen molar-refractivity contribution >= 4 is 28.8 Å².